The molecule has 1 aromatic heterocycles. The number of aryl methyl sites for hydroxylation is 1. The largest absolute Gasteiger partial charge is 0.490 e. The lowest BCUT2D eigenvalue weighted by Gasteiger charge is -2.58. The number of hydrogen-bond acceptors (Lipinski definition) is 4. The molecule has 0 bridgehead atoms. The maximum absolute atomic E-state index is 14.1. The highest BCUT2D eigenvalue weighted by atomic mass is 19.1. The van der Waals surface area contributed by atoms with Crippen LogP contribution in [0.3, 0.4) is 0 Å². The van der Waals surface area contributed by atoms with Gasteiger partial charge in [-0.3, -0.25) is 4.79 Å². The number of pyridine rings is 1. The summed E-state index contributed by atoms with van der Waals surface area (Å²) in [6, 6.07) is 4.69. The number of rotatable bonds is 4. The molecule has 0 amide bonds. The Balaban J connectivity index is 1.50. The fourth-order valence-electron chi connectivity index (χ4n) is 4.16. The van der Waals surface area contributed by atoms with Gasteiger partial charge >= 0.3 is 0 Å². The summed E-state index contributed by atoms with van der Waals surface area (Å²) in [6.07, 6.45) is 3.81. The van der Waals surface area contributed by atoms with Gasteiger partial charge < -0.3 is 19.9 Å². The Morgan fingerprint density at radius 3 is 2.79 bits per heavy atom. The normalized spacial score (nSPS) is 20.1. The van der Waals surface area contributed by atoms with Crippen LogP contribution in [-0.2, 0) is 7.05 Å². The Morgan fingerprint density at radius 1 is 1.33 bits per heavy atom. The molecular formula is C18H22FN3O2. The third-order valence-corrected chi connectivity index (χ3v) is 5.33. The number of likely N-dealkylation sites (tertiary alicyclic amines) is 1. The van der Waals surface area contributed by atoms with Gasteiger partial charge in [-0.1, -0.05) is 0 Å². The number of nitrogens with zero attached hydrogens (tertiary/aromatic N) is 2. The van der Waals surface area contributed by atoms with Crippen molar-refractivity contribution in [1.82, 2.24) is 9.47 Å². The molecule has 1 aliphatic heterocycles. The van der Waals surface area contributed by atoms with E-state index in [0.29, 0.717) is 23.1 Å². The van der Waals surface area contributed by atoms with Crippen LogP contribution in [0.4, 0.5) is 4.39 Å². The minimum atomic E-state index is -0.500. The highest BCUT2D eigenvalue weighted by Gasteiger charge is 2.53. The number of nitrogens with two attached hydrogens (primary N) is 1. The summed E-state index contributed by atoms with van der Waals surface area (Å²) in [6.45, 7) is 3.84. The minimum absolute atomic E-state index is 0.101. The van der Waals surface area contributed by atoms with Crippen LogP contribution >= 0.6 is 0 Å². The van der Waals surface area contributed by atoms with Crippen molar-refractivity contribution in [2.75, 3.05) is 26.2 Å². The van der Waals surface area contributed by atoms with E-state index in [-0.39, 0.29) is 17.0 Å². The summed E-state index contributed by atoms with van der Waals surface area (Å²) in [7, 11) is 1.62. The average Bonchev–Trinajstić information content (AvgIpc) is 2.48. The van der Waals surface area contributed by atoms with Crippen LogP contribution in [0.1, 0.15) is 12.8 Å². The second-order valence-electron chi connectivity index (χ2n) is 7.21. The smallest absolute Gasteiger partial charge is 0.261 e. The van der Waals surface area contributed by atoms with E-state index in [4.69, 9.17) is 10.5 Å². The molecule has 128 valence electrons. The Labute approximate surface area is 139 Å². The molecule has 5 nitrogen and oxygen atoms in total. The first kappa shape index (κ1) is 15.6. The van der Waals surface area contributed by atoms with Crippen molar-refractivity contribution in [2.24, 2.45) is 18.2 Å². The van der Waals surface area contributed by atoms with Gasteiger partial charge in [0.1, 0.15) is 11.6 Å². The Hall–Kier alpha value is -1.92. The number of benzene rings is 1. The first-order valence-corrected chi connectivity index (χ1v) is 8.38. The van der Waals surface area contributed by atoms with Crippen LogP contribution in [0, 0.1) is 11.2 Å². The van der Waals surface area contributed by atoms with E-state index < -0.39 is 5.82 Å². The molecule has 1 aromatic carbocycles. The summed E-state index contributed by atoms with van der Waals surface area (Å²) in [5, 5.41) is 0.654. The molecule has 0 unspecified atom stereocenters. The van der Waals surface area contributed by atoms with Crippen LogP contribution in [0.25, 0.3) is 10.8 Å². The number of hydrogen-bond donors (Lipinski definition) is 1. The second kappa shape index (κ2) is 5.57. The van der Waals surface area contributed by atoms with Gasteiger partial charge in [-0.05, 0) is 31.0 Å². The first-order chi connectivity index (χ1) is 11.5. The number of aromatic nitrogens is 1. The topological polar surface area (TPSA) is 60.5 Å². The standard InChI is InChI=1S/C18H22FN3O2/c1-21-6-4-13-15(3-2-14(19)16(13)17(21)23)24-12-8-18(9-12)10-22(11-18)7-5-20/h2-4,6,12H,5,7-11,20H2,1H3. The van der Waals surface area contributed by atoms with Gasteiger partial charge in [0.15, 0.2) is 0 Å². The van der Waals surface area contributed by atoms with Crippen LogP contribution in [-0.4, -0.2) is 41.8 Å². The van der Waals surface area contributed by atoms with Crippen molar-refractivity contribution < 1.29 is 9.13 Å². The molecule has 2 aliphatic rings. The van der Waals surface area contributed by atoms with Gasteiger partial charge in [-0.2, -0.15) is 0 Å². The van der Waals surface area contributed by atoms with Crippen LogP contribution in [0.5, 0.6) is 5.75 Å². The number of halogens is 1. The molecular weight excluding hydrogens is 309 g/mol. The highest BCUT2D eigenvalue weighted by molar-refractivity contribution is 5.88. The predicted octanol–water partition coefficient (Wildman–Crippen LogP) is 1.48. The molecule has 2 fully saturated rings. The average molecular weight is 331 g/mol. The monoisotopic (exact) mass is 331 g/mol. The molecule has 0 atom stereocenters. The highest BCUT2D eigenvalue weighted by Crippen LogP contribution is 2.49. The van der Waals surface area contributed by atoms with E-state index in [1.54, 1.807) is 25.4 Å². The Bertz CT molecular complexity index is 834. The van der Waals surface area contributed by atoms with Crippen molar-refractivity contribution in [2.45, 2.75) is 18.9 Å². The molecule has 1 aliphatic carbocycles. The van der Waals surface area contributed by atoms with Gasteiger partial charge in [0.25, 0.3) is 5.56 Å². The van der Waals surface area contributed by atoms with Gasteiger partial charge in [0.05, 0.1) is 11.5 Å². The van der Waals surface area contributed by atoms with E-state index in [1.807, 2.05) is 0 Å². The second-order valence-corrected chi connectivity index (χ2v) is 7.21. The van der Waals surface area contributed by atoms with Crippen molar-refractivity contribution in [3.63, 3.8) is 0 Å². The third kappa shape index (κ3) is 2.41. The quantitative estimate of drug-likeness (QED) is 0.922. The zero-order valence-electron chi connectivity index (χ0n) is 13.8. The number of fused-ring (bicyclic) bond motifs is 1. The van der Waals surface area contributed by atoms with Crippen molar-refractivity contribution in [1.29, 1.82) is 0 Å². The van der Waals surface area contributed by atoms with Crippen LogP contribution in [0.15, 0.2) is 29.2 Å². The molecule has 1 saturated carbocycles. The maximum atomic E-state index is 14.1. The fraction of sp³-hybridized carbons (Fsp3) is 0.500. The molecule has 0 radical (unpaired) electrons. The molecule has 24 heavy (non-hydrogen) atoms. The third-order valence-electron chi connectivity index (χ3n) is 5.33. The summed E-state index contributed by atoms with van der Waals surface area (Å²) in [5.74, 6) is 0.0992. The van der Waals surface area contributed by atoms with Gasteiger partial charge in [0, 0.05) is 50.2 Å². The summed E-state index contributed by atoms with van der Waals surface area (Å²) >= 11 is 0. The van der Waals surface area contributed by atoms with E-state index in [1.165, 1.54) is 10.6 Å². The van der Waals surface area contributed by atoms with Crippen LogP contribution < -0.4 is 16.0 Å². The lowest BCUT2D eigenvalue weighted by Crippen LogP contribution is -2.65. The van der Waals surface area contributed by atoms with E-state index in [9.17, 15) is 9.18 Å². The van der Waals surface area contributed by atoms with Crippen molar-refractivity contribution in [3.8, 4) is 5.75 Å². The van der Waals surface area contributed by atoms with E-state index in [2.05, 4.69) is 4.90 Å². The molecule has 2 heterocycles. The molecule has 6 heteroatoms. The first-order valence-electron chi connectivity index (χ1n) is 8.38. The lowest BCUT2D eigenvalue weighted by atomic mass is 9.62. The van der Waals surface area contributed by atoms with Gasteiger partial charge in [-0.15, -0.1) is 0 Å². The molecule has 2 aromatic rings. The van der Waals surface area contributed by atoms with Gasteiger partial charge in [-0.25, -0.2) is 4.39 Å². The van der Waals surface area contributed by atoms with Crippen LogP contribution in [0.2, 0.25) is 0 Å². The summed E-state index contributed by atoms with van der Waals surface area (Å²) in [4.78, 5) is 14.5. The molecule has 2 N–H and O–H groups in total. The Kier molecular flexibility index (Phi) is 3.62. The fourth-order valence-corrected chi connectivity index (χ4v) is 4.16. The summed E-state index contributed by atoms with van der Waals surface area (Å²) < 4.78 is 21.5. The maximum Gasteiger partial charge on any atom is 0.261 e. The molecule has 1 saturated heterocycles. The summed E-state index contributed by atoms with van der Waals surface area (Å²) in [5.41, 5.74) is 5.62. The minimum Gasteiger partial charge on any atom is -0.490 e. The molecule has 1 spiro atoms. The van der Waals surface area contributed by atoms with Crippen molar-refractivity contribution >= 4 is 10.8 Å². The predicted molar refractivity (Wildman–Crippen MR) is 90.7 cm³/mol. The van der Waals surface area contributed by atoms with Crippen molar-refractivity contribution in [3.05, 3.63) is 40.6 Å². The van der Waals surface area contributed by atoms with E-state index in [0.717, 1.165) is 32.5 Å². The SMILES string of the molecule is Cn1ccc2c(OC3CC4(C3)CN(CCN)C4)ccc(F)c2c1=O. The Morgan fingerprint density at radius 2 is 2.08 bits per heavy atom. The lowest BCUT2D eigenvalue weighted by molar-refractivity contribution is -0.117. The molecule has 4 rings (SSSR count). The van der Waals surface area contributed by atoms with Gasteiger partial charge in [0.2, 0.25) is 0 Å². The zero-order valence-corrected chi connectivity index (χ0v) is 13.8. The number of ether oxygens (including phenoxy) is 1. The zero-order chi connectivity index (χ0) is 16.9. The van der Waals surface area contributed by atoms with E-state index >= 15 is 0 Å².